The van der Waals surface area contributed by atoms with Crippen LogP contribution in [0.2, 0.25) is 0 Å². The van der Waals surface area contributed by atoms with E-state index in [0.29, 0.717) is 11.8 Å². The van der Waals surface area contributed by atoms with E-state index in [4.69, 9.17) is 9.47 Å². The van der Waals surface area contributed by atoms with Gasteiger partial charge in [0.05, 0.1) is 12.1 Å². The third-order valence-corrected chi connectivity index (χ3v) is 4.27. The summed E-state index contributed by atoms with van der Waals surface area (Å²) in [6.45, 7) is 2.88. The van der Waals surface area contributed by atoms with Gasteiger partial charge in [-0.25, -0.2) is 0 Å². The van der Waals surface area contributed by atoms with Crippen molar-refractivity contribution in [3.05, 3.63) is 0 Å². The molecule has 0 bridgehead atoms. The van der Waals surface area contributed by atoms with Crippen LogP contribution < -0.4 is 10.6 Å². The Kier molecular flexibility index (Phi) is 4.59. The molecule has 0 spiro atoms. The molecule has 4 atom stereocenters. The lowest BCUT2D eigenvalue weighted by molar-refractivity contribution is -0.137. The molecule has 1 saturated heterocycles. The molecule has 2 aliphatic rings. The van der Waals surface area contributed by atoms with Gasteiger partial charge in [-0.1, -0.05) is 6.42 Å². The monoisotopic (exact) mass is 256 g/mol. The molecular weight excluding hydrogens is 232 g/mol. The van der Waals surface area contributed by atoms with E-state index in [9.17, 15) is 4.79 Å². The number of amides is 1. The number of hydrogen-bond donors (Lipinski definition) is 2. The quantitative estimate of drug-likeness (QED) is 0.703. The fraction of sp³-hybridized carbons (Fsp3) is 0.923. The average Bonchev–Trinajstić information content (AvgIpc) is 2.91. The van der Waals surface area contributed by atoms with Gasteiger partial charge in [0.25, 0.3) is 0 Å². The van der Waals surface area contributed by atoms with Crippen molar-refractivity contribution < 1.29 is 14.3 Å². The van der Waals surface area contributed by atoms with Crippen molar-refractivity contribution in [3.8, 4) is 0 Å². The molecule has 1 aliphatic heterocycles. The number of hydrogen-bond acceptors (Lipinski definition) is 4. The van der Waals surface area contributed by atoms with Crippen molar-refractivity contribution in [2.24, 2.45) is 11.8 Å². The van der Waals surface area contributed by atoms with Crippen LogP contribution in [-0.2, 0) is 14.3 Å². The molecule has 0 aromatic rings. The average molecular weight is 256 g/mol. The van der Waals surface area contributed by atoms with Gasteiger partial charge in [-0.05, 0) is 38.1 Å². The van der Waals surface area contributed by atoms with E-state index in [1.165, 1.54) is 19.3 Å². The second kappa shape index (κ2) is 5.99. The molecule has 5 heteroatoms. The summed E-state index contributed by atoms with van der Waals surface area (Å²) < 4.78 is 10.3. The number of rotatable bonds is 5. The number of carbonyl (C=O) groups excluding carboxylic acids is 1. The molecule has 1 saturated carbocycles. The van der Waals surface area contributed by atoms with Crippen LogP contribution in [0.25, 0.3) is 0 Å². The summed E-state index contributed by atoms with van der Waals surface area (Å²) in [5.74, 6) is 1.29. The third kappa shape index (κ3) is 2.68. The zero-order valence-electron chi connectivity index (χ0n) is 11.4. The maximum Gasteiger partial charge on any atom is 0.237 e. The summed E-state index contributed by atoms with van der Waals surface area (Å²) in [6.07, 6.45) is 3.29. The largest absolute Gasteiger partial charge is 0.354 e. The molecule has 1 heterocycles. The van der Waals surface area contributed by atoms with Crippen molar-refractivity contribution in [1.82, 2.24) is 10.6 Å². The molecule has 1 amide bonds. The fourth-order valence-electron chi connectivity index (χ4n) is 3.36. The number of ether oxygens (including phenoxy) is 2. The van der Waals surface area contributed by atoms with Gasteiger partial charge in [0.15, 0.2) is 6.29 Å². The van der Waals surface area contributed by atoms with Crippen LogP contribution >= 0.6 is 0 Å². The Bertz CT molecular complexity index is 294. The predicted octanol–water partition coefficient (Wildman–Crippen LogP) is 0.498. The van der Waals surface area contributed by atoms with Crippen LogP contribution in [0.4, 0.5) is 0 Å². The van der Waals surface area contributed by atoms with Gasteiger partial charge in [-0.2, -0.15) is 0 Å². The molecule has 2 fully saturated rings. The van der Waals surface area contributed by atoms with Gasteiger partial charge >= 0.3 is 0 Å². The van der Waals surface area contributed by atoms with Crippen LogP contribution in [0.3, 0.4) is 0 Å². The summed E-state index contributed by atoms with van der Waals surface area (Å²) in [5.41, 5.74) is 0. The standard InChI is InChI=1S/C13H24N2O3/c1-8(13(17-2)18-3)15-12(16)11-10-6-4-5-9(10)7-14-11/h8-11,13-14H,4-7H2,1-3H3,(H,15,16). The lowest BCUT2D eigenvalue weighted by atomic mass is 9.93. The van der Waals surface area contributed by atoms with Crippen molar-refractivity contribution in [1.29, 1.82) is 0 Å². The number of nitrogens with one attached hydrogen (secondary N) is 2. The van der Waals surface area contributed by atoms with E-state index >= 15 is 0 Å². The molecule has 0 radical (unpaired) electrons. The molecular formula is C13H24N2O3. The summed E-state index contributed by atoms with van der Waals surface area (Å²) in [7, 11) is 3.16. The molecule has 2 N–H and O–H groups in total. The molecule has 4 unspecified atom stereocenters. The van der Waals surface area contributed by atoms with Crippen molar-refractivity contribution in [3.63, 3.8) is 0 Å². The van der Waals surface area contributed by atoms with E-state index < -0.39 is 6.29 Å². The predicted molar refractivity (Wildman–Crippen MR) is 68.0 cm³/mol. The van der Waals surface area contributed by atoms with Crippen molar-refractivity contribution in [2.75, 3.05) is 20.8 Å². The first-order valence-corrected chi connectivity index (χ1v) is 6.76. The molecule has 0 aromatic heterocycles. The highest BCUT2D eigenvalue weighted by molar-refractivity contribution is 5.82. The Morgan fingerprint density at radius 2 is 2.06 bits per heavy atom. The third-order valence-electron chi connectivity index (χ3n) is 4.27. The van der Waals surface area contributed by atoms with Crippen LogP contribution in [0.5, 0.6) is 0 Å². The highest BCUT2D eigenvalue weighted by Gasteiger charge is 2.42. The zero-order valence-corrected chi connectivity index (χ0v) is 11.4. The molecule has 2 rings (SSSR count). The number of methoxy groups -OCH3 is 2. The van der Waals surface area contributed by atoms with Gasteiger partial charge in [0.2, 0.25) is 5.91 Å². The first kappa shape index (κ1) is 13.8. The van der Waals surface area contributed by atoms with Crippen LogP contribution in [0, 0.1) is 11.8 Å². The fourth-order valence-corrected chi connectivity index (χ4v) is 3.36. The molecule has 1 aliphatic carbocycles. The minimum Gasteiger partial charge on any atom is -0.354 e. The Morgan fingerprint density at radius 1 is 1.33 bits per heavy atom. The maximum absolute atomic E-state index is 12.2. The van der Waals surface area contributed by atoms with Gasteiger partial charge in [0, 0.05) is 14.2 Å². The van der Waals surface area contributed by atoms with Crippen LogP contribution in [-0.4, -0.2) is 45.0 Å². The number of fused-ring (bicyclic) bond motifs is 1. The minimum atomic E-state index is -0.394. The van der Waals surface area contributed by atoms with Crippen molar-refractivity contribution >= 4 is 5.91 Å². The first-order valence-electron chi connectivity index (χ1n) is 6.76. The summed E-state index contributed by atoms with van der Waals surface area (Å²) in [5, 5.41) is 6.33. The van der Waals surface area contributed by atoms with Gasteiger partial charge in [0.1, 0.15) is 0 Å². The van der Waals surface area contributed by atoms with E-state index in [1.54, 1.807) is 14.2 Å². The van der Waals surface area contributed by atoms with Crippen LogP contribution in [0.1, 0.15) is 26.2 Å². The van der Waals surface area contributed by atoms with Crippen molar-refractivity contribution in [2.45, 2.75) is 44.6 Å². The molecule has 18 heavy (non-hydrogen) atoms. The highest BCUT2D eigenvalue weighted by atomic mass is 16.7. The molecule has 104 valence electrons. The lowest BCUT2D eigenvalue weighted by Gasteiger charge is -2.25. The first-order chi connectivity index (χ1) is 8.67. The Hall–Kier alpha value is -0.650. The lowest BCUT2D eigenvalue weighted by Crippen LogP contribution is -2.50. The minimum absolute atomic E-state index is 0.0330. The van der Waals surface area contributed by atoms with E-state index in [1.807, 2.05) is 6.92 Å². The van der Waals surface area contributed by atoms with Gasteiger partial charge in [-0.15, -0.1) is 0 Å². The zero-order chi connectivity index (χ0) is 13.1. The Morgan fingerprint density at radius 3 is 2.72 bits per heavy atom. The SMILES string of the molecule is COC(OC)C(C)NC(=O)C1NCC2CCCC21. The molecule has 0 aromatic carbocycles. The van der Waals surface area contributed by atoms with Crippen LogP contribution in [0.15, 0.2) is 0 Å². The maximum atomic E-state index is 12.2. The second-order valence-corrected chi connectivity index (χ2v) is 5.38. The Balaban J connectivity index is 1.88. The summed E-state index contributed by atoms with van der Waals surface area (Å²) in [6, 6.07) is -0.177. The van der Waals surface area contributed by atoms with E-state index in [-0.39, 0.29) is 18.0 Å². The van der Waals surface area contributed by atoms with E-state index in [0.717, 1.165) is 6.54 Å². The summed E-state index contributed by atoms with van der Waals surface area (Å²) in [4.78, 5) is 12.2. The van der Waals surface area contributed by atoms with Gasteiger partial charge in [-0.3, -0.25) is 4.79 Å². The summed E-state index contributed by atoms with van der Waals surface area (Å²) >= 11 is 0. The second-order valence-electron chi connectivity index (χ2n) is 5.38. The van der Waals surface area contributed by atoms with E-state index in [2.05, 4.69) is 10.6 Å². The number of carbonyl (C=O) groups is 1. The smallest absolute Gasteiger partial charge is 0.237 e. The molecule has 5 nitrogen and oxygen atoms in total. The normalized spacial score (nSPS) is 32.6. The Labute approximate surface area is 109 Å². The van der Waals surface area contributed by atoms with Gasteiger partial charge < -0.3 is 20.1 Å². The topological polar surface area (TPSA) is 59.6 Å². The highest BCUT2D eigenvalue weighted by Crippen LogP contribution is 2.37.